The van der Waals surface area contributed by atoms with Crippen molar-refractivity contribution in [3.05, 3.63) is 0 Å². The molecular formula is C10H20N2O5. The molecule has 0 spiro atoms. The van der Waals surface area contributed by atoms with Gasteiger partial charge in [-0.2, -0.15) is 0 Å². The predicted octanol–water partition coefficient (Wildman–Crippen LogP) is -0.716. The third kappa shape index (κ3) is 9.58. The lowest BCUT2D eigenvalue weighted by atomic mass is 10.2. The van der Waals surface area contributed by atoms with Crippen LogP contribution in [0.15, 0.2) is 0 Å². The molecular weight excluding hydrogens is 228 g/mol. The quantitative estimate of drug-likeness (QED) is 0.345. The Morgan fingerprint density at radius 1 is 1.06 bits per heavy atom. The normalized spacial score (nSPS) is 10.3. The first-order chi connectivity index (χ1) is 8.10. The number of unbranched alkanes of at least 4 members (excludes halogenated alkanes) is 2. The number of amides is 2. The number of aliphatic hydroxyl groups excluding tert-OH is 2. The summed E-state index contributed by atoms with van der Waals surface area (Å²) in [5, 5.41) is 30.5. The standard InChI is InChI=1S/C10H20N2O5/c13-6-8(7-14)12-9(15)4-2-1-3-5-11-10(16)17/h8,11,13-14H,1-7H2,(H,12,15)(H,16,17). The topological polar surface area (TPSA) is 119 Å². The molecule has 0 radical (unpaired) electrons. The number of carboxylic acid groups (broad SMARTS) is 1. The third-order valence-electron chi connectivity index (χ3n) is 2.16. The van der Waals surface area contributed by atoms with E-state index in [0.717, 1.165) is 6.42 Å². The molecule has 0 fully saturated rings. The summed E-state index contributed by atoms with van der Waals surface area (Å²) in [5.74, 6) is -0.218. The Hall–Kier alpha value is -1.34. The van der Waals surface area contributed by atoms with Crippen LogP contribution in [0.5, 0.6) is 0 Å². The first kappa shape index (κ1) is 15.7. The Bertz CT molecular complexity index is 231. The lowest BCUT2D eigenvalue weighted by Crippen LogP contribution is -2.39. The third-order valence-corrected chi connectivity index (χ3v) is 2.16. The van der Waals surface area contributed by atoms with Gasteiger partial charge in [-0.3, -0.25) is 4.79 Å². The van der Waals surface area contributed by atoms with Gasteiger partial charge in [-0.15, -0.1) is 0 Å². The average Bonchev–Trinajstić information content (AvgIpc) is 2.30. The molecule has 0 unspecified atom stereocenters. The molecule has 0 aliphatic heterocycles. The van der Waals surface area contributed by atoms with E-state index >= 15 is 0 Å². The highest BCUT2D eigenvalue weighted by Gasteiger charge is 2.09. The molecule has 0 saturated heterocycles. The van der Waals surface area contributed by atoms with E-state index in [1.807, 2.05) is 0 Å². The van der Waals surface area contributed by atoms with Gasteiger partial charge in [-0.05, 0) is 12.8 Å². The number of carbonyl (C=O) groups is 2. The van der Waals surface area contributed by atoms with Crippen LogP contribution in [-0.4, -0.2) is 53.1 Å². The monoisotopic (exact) mass is 248 g/mol. The molecule has 0 saturated carbocycles. The molecule has 2 amide bonds. The van der Waals surface area contributed by atoms with Crippen LogP contribution < -0.4 is 10.6 Å². The van der Waals surface area contributed by atoms with E-state index in [0.29, 0.717) is 25.8 Å². The number of rotatable bonds is 9. The molecule has 0 bridgehead atoms. The summed E-state index contributed by atoms with van der Waals surface area (Å²) in [7, 11) is 0. The van der Waals surface area contributed by atoms with Crippen molar-refractivity contribution < 1.29 is 24.9 Å². The second-order valence-electron chi connectivity index (χ2n) is 3.67. The minimum Gasteiger partial charge on any atom is -0.465 e. The Balaban J connectivity index is 3.42. The van der Waals surface area contributed by atoms with Crippen LogP contribution in [0.25, 0.3) is 0 Å². The first-order valence-corrected chi connectivity index (χ1v) is 5.58. The van der Waals surface area contributed by atoms with E-state index < -0.39 is 12.1 Å². The molecule has 0 aromatic carbocycles. The zero-order valence-corrected chi connectivity index (χ0v) is 9.69. The predicted molar refractivity (Wildman–Crippen MR) is 60.6 cm³/mol. The van der Waals surface area contributed by atoms with Crippen LogP contribution in [0, 0.1) is 0 Å². The first-order valence-electron chi connectivity index (χ1n) is 5.58. The number of carbonyl (C=O) groups excluding carboxylic acids is 1. The van der Waals surface area contributed by atoms with E-state index in [1.54, 1.807) is 0 Å². The van der Waals surface area contributed by atoms with Crippen molar-refractivity contribution >= 4 is 12.0 Å². The smallest absolute Gasteiger partial charge is 0.404 e. The SMILES string of the molecule is O=C(O)NCCCCCC(=O)NC(CO)CO. The fraction of sp³-hybridized carbons (Fsp3) is 0.800. The van der Waals surface area contributed by atoms with Gasteiger partial charge in [0, 0.05) is 13.0 Å². The average molecular weight is 248 g/mol. The molecule has 0 aliphatic rings. The zero-order valence-electron chi connectivity index (χ0n) is 9.69. The molecule has 7 heteroatoms. The van der Waals surface area contributed by atoms with Crippen LogP contribution in [-0.2, 0) is 4.79 Å². The van der Waals surface area contributed by atoms with Crippen LogP contribution in [0.1, 0.15) is 25.7 Å². The largest absolute Gasteiger partial charge is 0.465 e. The van der Waals surface area contributed by atoms with E-state index in [1.165, 1.54) is 0 Å². The second-order valence-corrected chi connectivity index (χ2v) is 3.67. The van der Waals surface area contributed by atoms with Crippen molar-refractivity contribution in [1.29, 1.82) is 0 Å². The van der Waals surface area contributed by atoms with Crippen LogP contribution in [0.4, 0.5) is 4.79 Å². The van der Waals surface area contributed by atoms with Gasteiger partial charge in [0.05, 0.1) is 19.3 Å². The number of hydrogen-bond donors (Lipinski definition) is 5. The summed E-state index contributed by atoms with van der Waals surface area (Å²) >= 11 is 0. The summed E-state index contributed by atoms with van der Waals surface area (Å²) in [5.41, 5.74) is 0. The molecule has 7 nitrogen and oxygen atoms in total. The molecule has 0 heterocycles. The molecule has 0 aliphatic carbocycles. The van der Waals surface area contributed by atoms with Gasteiger partial charge in [0.25, 0.3) is 0 Å². The molecule has 100 valence electrons. The van der Waals surface area contributed by atoms with E-state index in [4.69, 9.17) is 15.3 Å². The minimum absolute atomic E-state index is 0.218. The number of aliphatic hydroxyl groups is 2. The number of hydrogen-bond acceptors (Lipinski definition) is 4. The molecule has 0 rings (SSSR count). The Kier molecular flexibility index (Phi) is 9.08. The fourth-order valence-electron chi connectivity index (χ4n) is 1.23. The molecule has 0 aromatic rings. The highest BCUT2D eigenvalue weighted by atomic mass is 16.4. The molecule has 5 N–H and O–H groups in total. The Morgan fingerprint density at radius 3 is 2.24 bits per heavy atom. The highest BCUT2D eigenvalue weighted by molar-refractivity contribution is 5.76. The summed E-state index contributed by atoms with van der Waals surface area (Å²) < 4.78 is 0. The van der Waals surface area contributed by atoms with E-state index in [2.05, 4.69) is 10.6 Å². The van der Waals surface area contributed by atoms with Crippen molar-refractivity contribution in [3.63, 3.8) is 0 Å². The number of nitrogens with one attached hydrogen (secondary N) is 2. The van der Waals surface area contributed by atoms with Crippen molar-refractivity contribution in [2.24, 2.45) is 0 Å². The van der Waals surface area contributed by atoms with Gasteiger partial charge >= 0.3 is 6.09 Å². The zero-order chi connectivity index (χ0) is 13.1. The van der Waals surface area contributed by atoms with Crippen molar-refractivity contribution in [3.8, 4) is 0 Å². The Morgan fingerprint density at radius 2 is 1.71 bits per heavy atom. The maximum absolute atomic E-state index is 11.3. The lowest BCUT2D eigenvalue weighted by molar-refractivity contribution is -0.122. The molecule has 17 heavy (non-hydrogen) atoms. The minimum atomic E-state index is -1.04. The molecule has 0 aromatic heterocycles. The van der Waals surface area contributed by atoms with Gasteiger partial charge in [0.1, 0.15) is 0 Å². The van der Waals surface area contributed by atoms with Crippen LogP contribution in [0.3, 0.4) is 0 Å². The van der Waals surface area contributed by atoms with E-state index in [9.17, 15) is 9.59 Å². The van der Waals surface area contributed by atoms with Gasteiger partial charge in [0.15, 0.2) is 0 Å². The van der Waals surface area contributed by atoms with Gasteiger partial charge in [-0.25, -0.2) is 4.79 Å². The second kappa shape index (κ2) is 9.86. The Labute approximate surface area is 99.8 Å². The summed E-state index contributed by atoms with van der Waals surface area (Å²) in [6.45, 7) is -0.192. The summed E-state index contributed by atoms with van der Waals surface area (Å²) in [4.78, 5) is 21.4. The summed E-state index contributed by atoms with van der Waals surface area (Å²) in [6, 6.07) is -0.601. The van der Waals surface area contributed by atoms with Crippen LogP contribution >= 0.6 is 0 Å². The van der Waals surface area contributed by atoms with Crippen molar-refractivity contribution in [2.45, 2.75) is 31.7 Å². The maximum Gasteiger partial charge on any atom is 0.404 e. The van der Waals surface area contributed by atoms with Gasteiger partial charge in [-0.1, -0.05) is 6.42 Å². The van der Waals surface area contributed by atoms with E-state index in [-0.39, 0.29) is 19.1 Å². The van der Waals surface area contributed by atoms with Crippen LogP contribution in [0.2, 0.25) is 0 Å². The fourth-order valence-corrected chi connectivity index (χ4v) is 1.23. The van der Waals surface area contributed by atoms with Crippen molar-refractivity contribution in [1.82, 2.24) is 10.6 Å². The van der Waals surface area contributed by atoms with Crippen molar-refractivity contribution in [2.75, 3.05) is 19.8 Å². The molecule has 0 atom stereocenters. The maximum atomic E-state index is 11.3. The van der Waals surface area contributed by atoms with Gasteiger partial charge < -0.3 is 26.0 Å². The highest BCUT2D eigenvalue weighted by Crippen LogP contribution is 1.99. The summed E-state index contributed by atoms with van der Waals surface area (Å²) in [6.07, 6.45) is 1.34. The van der Waals surface area contributed by atoms with Gasteiger partial charge in [0.2, 0.25) is 5.91 Å². The lowest BCUT2D eigenvalue weighted by Gasteiger charge is -2.12.